The van der Waals surface area contributed by atoms with Crippen LogP contribution in [0.1, 0.15) is 5.56 Å². The second-order valence-corrected chi connectivity index (χ2v) is 5.29. The van der Waals surface area contributed by atoms with E-state index in [2.05, 4.69) is 20.9 Å². The molecule has 3 rings (SSSR count). The average molecular weight is 338 g/mol. The van der Waals surface area contributed by atoms with Gasteiger partial charge in [-0.1, -0.05) is 12.1 Å². The van der Waals surface area contributed by atoms with Crippen LogP contribution >= 0.6 is 15.9 Å². The van der Waals surface area contributed by atoms with Gasteiger partial charge >= 0.3 is 0 Å². The van der Waals surface area contributed by atoms with Gasteiger partial charge in [-0.05, 0) is 39.7 Å². The summed E-state index contributed by atoms with van der Waals surface area (Å²) in [4.78, 5) is 4.13. The van der Waals surface area contributed by atoms with Crippen molar-refractivity contribution in [2.75, 3.05) is 5.73 Å². The molecule has 2 N–H and O–H groups in total. The van der Waals surface area contributed by atoms with E-state index >= 15 is 0 Å². The molecule has 0 aliphatic carbocycles. The third-order valence-electron chi connectivity index (χ3n) is 3.07. The van der Waals surface area contributed by atoms with E-state index in [1.54, 1.807) is 22.8 Å². The lowest BCUT2D eigenvalue weighted by Crippen LogP contribution is -2.04. The van der Waals surface area contributed by atoms with E-state index in [1.165, 1.54) is 18.2 Å². The molecule has 0 aliphatic rings. The molecule has 102 valence electrons. The minimum atomic E-state index is -0.385. The van der Waals surface area contributed by atoms with Gasteiger partial charge < -0.3 is 10.3 Å². The number of nitrogens with zero attached hydrogens (tertiary/aromatic N) is 2. The van der Waals surface area contributed by atoms with Crippen LogP contribution in [0.5, 0.6) is 0 Å². The zero-order chi connectivity index (χ0) is 14.3. The third-order valence-corrected chi connectivity index (χ3v) is 3.68. The topological polar surface area (TPSA) is 43.8 Å². The van der Waals surface area contributed by atoms with Crippen LogP contribution in [-0.4, -0.2) is 9.55 Å². The summed E-state index contributed by atoms with van der Waals surface area (Å²) >= 11 is 3.15. The maximum atomic E-state index is 13.5. The molecule has 3 aromatic rings. The van der Waals surface area contributed by atoms with Gasteiger partial charge in [0.15, 0.2) is 0 Å². The molecule has 0 amide bonds. The van der Waals surface area contributed by atoms with E-state index in [0.717, 1.165) is 11.1 Å². The van der Waals surface area contributed by atoms with Gasteiger partial charge in [0.05, 0.1) is 22.1 Å². The number of imidazole rings is 1. The standard InChI is InChI=1S/C14H10BrF2N3/c15-10-5-13-12(6-11(10)17)19-14(18)20(13)7-8-1-3-9(16)4-2-8/h1-6H,7H2,(H2,18,19). The fourth-order valence-corrected chi connectivity index (χ4v) is 2.41. The normalized spacial score (nSPS) is 11.2. The average Bonchev–Trinajstić information content (AvgIpc) is 2.69. The number of halogens is 3. The summed E-state index contributed by atoms with van der Waals surface area (Å²) in [5.74, 6) is -0.382. The first-order valence-corrected chi connectivity index (χ1v) is 6.69. The Morgan fingerprint density at radius 3 is 2.55 bits per heavy atom. The molecule has 3 nitrogen and oxygen atoms in total. The first-order chi connectivity index (χ1) is 9.54. The van der Waals surface area contributed by atoms with Crippen LogP contribution in [0.3, 0.4) is 0 Å². The molecular formula is C14H10BrF2N3. The lowest BCUT2D eigenvalue weighted by Gasteiger charge is -2.07. The largest absolute Gasteiger partial charge is 0.369 e. The van der Waals surface area contributed by atoms with Gasteiger partial charge in [-0.15, -0.1) is 0 Å². The Hall–Kier alpha value is -1.95. The van der Waals surface area contributed by atoms with Gasteiger partial charge in [0.25, 0.3) is 0 Å². The first-order valence-electron chi connectivity index (χ1n) is 5.90. The molecule has 0 saturated heterocycles. The molecule has 1 heterocycles. The van der Waals surface area contributed by atoms with Crippen LogP contribution in [0.4, 0.5) is 14.7 Å². The number of hydrogen-bond acceptors (Lipinski definition) is 2. The molecule has 0 bridgehead atoms. The summed E-state index contributed by atoms with van der Waals surface area (Å²) in [6.45, 7) is 0.445. The maximum absolute atomic E-state index is 13.5. The molecule has 2 aromatic carbocycles. The smallest absolute Gasteiger partial charge is 0.201 e. The van der Waals surface area contributed by atoms with Crippen molar-refractivity contribution in [1.29, 1.82) is 0 Å². The highest BCUT2D eigenvalue weighted by atomic mass is 79.9. The number of anilines is 1. The van der Waals surface area contributed by atoms with E-state index < -0.39 is 0 Å². The molecule has 0 unspecified atom stereocenters. The minimum absolute atomic E-state index is 0.290. The van der Waals surface area contributed by atoms with Crippen LogP contribution in [0, 0.1) is 11.6 Å². The summed E-state index contributed by atoms with van der Waals surface area (Å²) < 4.78 is 28.5. The number of fused-ring (bicyclic) bond motifs is 1. The van der Waals surface area contributed by atoms with Crippen LogP contribution in [0.25, 0.3) is 11.0 Å². The quantitative estimate of drug-likeness (QED) is 0.774. The highest BCUT2D eigenvalue weighted by Gasteiger charge is 2.12. The van der Waals surface area contributed by atoms with Gasteiger partial charge in [-0.25, -0.2) is 13.8 Å². The fraction of sp³-hybridized carbons (Fsp3) is 0.0714. The predicted octanol–water partition coefficient (Wildman–Crippen LogP) is 3.71. The van der Waals surface area contributed by atoms with E-state index in [9.17, 15) is 8.78 Å². The molecule has 0 radical (unpaired) electrons. The Bertz CT molecular complexity index is 781. The van der Waals surface area contributed by atoms with Gasteiger partial charge in [0.2, 0.25) is 5.95 Å². The summed E-state index contributed by atoms with van der Waals surface area (Å²) in [5.41, 5.74) is 7.97. The Balaban J connectivity index is 2.08. The van der Waals surface area contributed by atoms with Gasteiger partial charge in [0.1, 0.15) is 11.6 Å². The number of nitrogens with two attached hydrogens (primary N) is 1. The summed E-state index contributed by atoms with van der Waals surface area (Å²) in [5, 5.41) is 0. The van der Waals surface area contributed by atoms with E-state index in [4.69, 9.17) is 5.73 Å². The monoisotopic (exact) mass is 337 g/mol. The molecule has 6 heteroatoms. The first kappa shape index (κ1) is 13.1. The van der Waals surface area contributed by atoms with Crippen molar-refractivity contribution < 1.29 is 8.78 Å². The molecule has 1 aromatic heterocycles. The minimum Gasteiger partial charge on any atom is -0.369 e. The third kappa shape index (κ3) is 2.27. The summed E-state index contributed by atoms with van der Waals surface area (Å²) in [6, 6.07) is 9.10. The van der Waals surface area contributed by atoms with Crippen molar-refractivity contribution in [3.63, 3.8) is 0 Å². The second-order valence-electron chi connectivity index (χ2n) is 4.44. The van der Waals surface area contributed by atoms with E-state index in [-0.39, 0.29) is 11.6 Å². The maximum Gasteiger partial charge on any atom is 0.201 e. The van der Waals surface area contributed by atoms with Crippen LogP contribution in [-0.2, 0) is 6.54 Å². The Morgan fingerprint density at radius 1 is 1.15 bits per heavy atom. The number of benzene rings is 2. The number of aromatic nitrogens is 2. The van der Waals surface area contributed by atoms with E-state index in [0.29, 0.717) is 22.5 Å². The van der Waals surface area contributed by atoms with Gasteiger partial charge in [-0.3, -0.25) is 0 Å². The SMILES string of the molecule is Nc1nc2cc(F)c(Br)cc2n1Cc1ccc(F)cc1. The Morgan fingerprint density at radius 2 is 1.85 bits per heavy atom. The van der Waals surface area contributed by atoms with Crippen molar-refractivity contribution in [3.8, 4) is 0 Å². The highest BCUT2D eigenvalue weighted by molar-refractivity contribution is 9.10. The lowest BCUT2D eigenvalue weighted by molar-refractivity contribution is 0.622. The van der Waals surface area contributed by atoms with Gasteiger partial charge in [-0.2, -0.15) is 0 Å². The highest BCUT2D eigenvalue weighted by Crippen LogP contribution is 2.25. The Kier molecular flexibility index (Phi) is 3.17. The number of nitrogen functional groups attached to an aromatic ring is 1. The molecular weight excluding hydrogens is 328 g/mol. The molecule has 0 fully saturated rings. The number of rotatable bonds is 2. The lowest BCUT2D eigenvalue weighted by atomic mass is 10.2. The van der Waals surface area contributed by atoms with Crippen LogP contribution in [0.2, 0.25) is 0 Å². The summed E-state index contributed by atoms with van der Waals surface area (Å²) in [6.07, 6.45) is 0. The molecule has 0 spiro atoms. The fourth-order valence-electron chi connectivity index (χ4n) is 2.08. The van der Waals surface area contributed by atoms with Crippen molar-refractivity contribution in [2.45, 2.75) is 6.54 Å². The Labute approximate surface area is 122 Å². The van der Waals surface area contributed by atoms with Crippen molar-refractivity contribution in [2.24, 2.45) is 0 Å². The molecule has 20 heavy (non-hydrogen) atoms. The van der Waals surface area contributed by atoms with Crippen molar-refractivity contribution >= 4 is 32.9 Å². The van der Waals surface area contributed by atoms with Gasteiger partial charge in [0, 0.05) is 6.07 Å². The van der Waals surface area contributed by atoms with Crippen LogP contribution in [0.15, 0.2) is 40.9 Å². The second kappa shape index (κ2) is 4.86. The number of hydrogen-bond donors (Lipinski definition) is 1. The molecule has 0 atom stereocenters. The predicted molar refractivity (Wildman–Crippen MR) is 77.3 cm³/mol. The molecule has 0 saturated carbocycles. The van der Waals surface area contributed by atoms with Crippen LogP contribution < -0.4 is 5.73 Å². The van der Waals surface area contributed by atoms with Crippen molar-refractivity contribution in [3.05, 3.63) is 58.1 Å². The van der Waals surface area contributed by atoms with E-state index in [1.807, 2.05) is 0 Å². The summed E-state index contributed by atoms with van der Waals surface area (Å²) in [7, 11) is 0. The van der Waals surface area contributed by atoms with Crippen molar-refractivity contribution in [1.82, 2.24) is 9.55 Å². The molecule has 0 aliphatic heterocycles. The zero-order valence-electron chi connectivity index (χ0n) is 10.3. The zero-order valence-corrected chi connectivity index (χ0v) is 11.9.